The van der Waals surface area contributed by atoms with E-state index in [-0.39, 0.29) is 5.91 Å². The molecule has 0 radical (unpaired) electrons. The average Bonchev–Trinajstić information content (AvgIpc) is 3.12. The first kappa shape index (κ1) is 13.2. The van der Waals surface area contributed by atoms with Gasteiger partial charge in [-0.1, -0.05) is 0 Å². The van der Waals surface area contributed by atoms with E-state index in [1.54, 1.807) is 0 Å². The van der Waals surface area contributed by atoms with Crippen molar-refractivity contribution in [3.63, 3.8) is 0 Å². The van der Waals surface area contributed by atoms with E-state index >= 15 is 0 Å². The summed E-state index contributed by atoms with van der Waals surface area (Å²) in [5.74, 6) is 0.0908. The van der Waals surface area contributed by atoms with Crippen LogP contribution < -0.4 is 0 Å². The van der Waals surface area contributed by atoms with Crippen LogP contribution in [0.2, 0.25) is 0 Å². The Hall–Kier alpha value is -0.810. The first-order chi connectivity index (χ1) is 8.96. The number of aliphatic hydroxyl groups is 1. The first-order valence-corrected chi connectivity index (χ1v) is 7.65. The SMILES string of the molecule is CC1(O)CCN(C(=O)c2cc(Br)cn2C2CC2)CC1. The topological polar surface area (TPSA) is 45.5 Å². The van der Waals surface area contributed by atoms with Gasteiger partial charge in [-0.3, -0.25) is 4.79 Å². The summed E-state index contributed by atoms with van der Waals surface area (Å²) in [7, 11) is 0. The molecule has 0 atom stereocenters. The summed E-state index contributed by atoms with van der Waals surface area (Å²) in [4.78, 5) is 14.4. The number of halogens is 1. The van der Waals surface area contributed by atoms with E-state index in [1.807, 2.05) is 24.1 Å². The largest absolute Gasteiger partial charge is 0.390 e. The average molecular weight is 327 g/mol. The molecule has 0 bridgehead atoms. The van der Waals surface area contributed by atoms with Crippen molar-refractivity contribution < 1.29 is 9.90 Å². The Morgan fingerprint density at radius 2 is 2.05 bits per heavy atom. The van der Waals surface area contributed by atoms with E-state index in [1.165, 1.54) is 0 Å². The number of hydrogen-bond acceptors (Lipinski definition) is 2. The highest BCUT2D eigenvalue weighted by atomic mass is 79.9. The van der Waals surface area contributed by atoms with E-state index in [4.69, 9.17) is 0 Å². The van der Waals surface area contributed by atoms with Gasteiger partial charge in [0.1, 0.15) is 5.69 Å². The van der Waals surface area contributed by atoms with E-state index in [9.17, 15) is 9.90 Å². The maximum absolute atomic E-state index is 12.6. The lowest BCUT2D eigenvalue weighted by atomic mass is 9.94. The van der Waals surface area contributed by atoms with Crippen LogP contribution >= 0.6 is 15.9 Å². The van der Waals surface area contributed by atoms with E-state index < -0.39 is 5.60 Å². The molecule has 0 unspecified atom stereocenters. The number of nitrogens with zero attached hydrogens (tertiary/aromatic N) is 2. The summed E-state index contributed by atoms with van der Waals surface area (Å²) in [5, 5.41) is 9.95. The normalized spacial score (nSPS) is 22.6. The second-order valence-corrected chi connectivity index (χ2v) is 6.89. The van der Waals surface area contributed by atoms with Gasteiger partial charge in [0.2, 0.25) is 0 Å². The molecule has 104 valence electrons. The lowest BCUT2D eigenvalue weighted by Crippen LogP contribution is -2.45. The molecule has 2 heterocycles. The second kappa shape index (κ2) is 4.63. The van der Waals surface area contributed by atoms with Gasteiger partial charge in [-0.2, -0.15) is 0 Å². The molecule has 0 spiro atoms. The molecule has 1 aromatic heterocycles. The molecule has 1 amide bonds. The van der Waals surface area contributed by atoms with Gasteiger partial charge in [0, 0.05) is 29.8 Å². The third kappa shape index (κ3) is 2.72. The number of carbonyl (C=O) groups is 1. The van der Waals surface area contributed by atoms with Crippen molar-refractivity contribution >= 4 is 21.8 Å². The van der Waals surface area contributed by atoms with Crippen molar-refractivity contribution in [3.8, 4) is 0 Å². The molecule has 2 aliphatic rings. The molecule has 1 saturated carbocycles. The first-order valence-electron chi connectivity index (χ1n) is 6.85. The fourth-order valence-corrected chi connectivity index (χ4v) is 3.06. The Kier molecular flexibility index (Phi) is 3.21. The Morgan fingerprint density at radius 3 is 2.63 bits per heavy atom. The minimum atomic E-state index is -0.615. The number of aromatic nitrogens is 1. The number of carbonyl (C=O) groups excluding carboxylic acids is 1. The maximum Gasteiger partial charge on any atom is 0.270 e. The third-order valence-corrected chi connectivity index (χ3v) is 4.54. The molecule has 0 aromatic carbocycles. The van der Waals surface area contributed by atoms with Gasteiger partial charge >= 0.3 is 0 Å². The minimum absolute atomic E-state index is 0.0908. The minimum Gasteiger partial charge on any atom is -0.390 e. The van der Waals surface area contributed by atoms with Gasteiger partial charge in [-0.05, 0) is 54.6 Å². The van der Waals surface area contributed by atoms with Crippen LogP contribution in [0.5, 0.6) is 0 Å². The molecule has 2 fully saturated rings. The monoisotopic (exact) mass is 326 g/mol. The van der Waals surface area contributed by atoms with Crippen molar-refractivity contribution in [1.29, 1.82) is 0 Å². The molecule has 3 rings (SSSR count). The molecule has 4 nitrogen and oxygen atoms in total. The third-order valence-electron chi connectivity index (χ3n) is 4.10. The van der Waals surface area contributed by atoms with Crippen LogP contribution in [0.3, 0.4) is 0 Å². The predicted octanol–water partition coefficient (Wildman–Crippen LogP) is 2.57. The van der Waals surface area contributed by atoms with Gasteiger partial charge in [0.15, 0.2) is 0 Å². The van der Waals surface area contributed by atoms with E-state index in [2.05, 4.69) is 20.5 Å². The highest BCUT2D eigenvalue weighted by Gasteiger charge is 2.33. The van der Waals surface area contributed by atoms with Crippen LogP contribution in [-0.4, -0.2) is 39.2 Å². The Bertz CT molecular complexity index is 496. The lowest BCUT2D eigenvalue weighted by Gasteiger charge is -2.35. The highest BCUT2D eigenvalue weighted by molar-refractivity contribution is 9.10. The molecular weight excluding hydrogens is 308 g/mol. The number of rotatable bonds is 2. The molecule has 1 aliphatic carbocycles. The summed E-state index contributed by atoms with van der Waals surface area (Å²) in [6.45, 7) is 3.12. The van der Waals surface area contributed by atoms with E-state index in [0.717, 1.165) is 23.0 Å². The standard InChI is InChI=1S/C14H19BrN2O2/c1-14(19)4-6-16(7-5-14)13(18)12-8-10(15)9-17(12)11-2-3-11/h8-9,11,19H,2-7H2,1H3. The molecule has 1 aromatic rings. The Morgan fingerprint density at radius 1 is 1.42 bits per heavy atom. The summed E-state index contributed by atoms with van der Waals surface area (Å²) in [6, 6.07) is 2.41. The number of hydrogen-bond donors (Lipinski definition) is 1. The van der Waals surface area contributed by atoms with Crippen LogP contribution in [0.25, 0.3) is 0 Å². The zero-order chi connectivity index (χ0) is 13.6. The molecule has 1 saturated heterocycles. The maximum atomic E-state index is 12.6. The molecular formula is C14H19BrN2O2. The Labute approximate surface area is 121 Å². The zero-order valence-electron chi connectivity index (χ0n) is 11.1. The smallest absolute Gasteiger partial charge is 0.270 e. The fraction of sp³-hybridized carbons (Fsp3) is 0.643. The number of amides is 1. The summed E-state index contributed by atoms with van der Waals surface area (Å²) in [5.41, 5.74) is 0.159. The van der Waals surface area contributed by atoms with E-state index in [0.29, 0.717) is 32.0 Å². The van der Waals surface area contributed by atoms with Gasteiger partial charge in [0.05, 0.1) is 5.60 Å². The molecule has 1 N–H and O–H groups in total. The zero-order valence-corrected chi connectivity index (χ0v) is 12.7. The molecule has 1 aliphatic heterocycles. The number of likely N-dealkylation sites (tertiary alicyclic amines) is 1. The summed E-state index contributed by atoms with van der Waals surface area (Å²) >= 11 is 3.46. The van der Waals surface area contributed by atoms with Gasteiger partial charge in [-0.25, -0.2) is 0 Å². The van der Waals surface area contributed by atoms with Crippen LogP contribution in [0.1, 0.15) is 49.1 Å². The van der Waals surface area contributed by atoms with Crippen molar-refractivity contribution in [1.82, 2.24) is 9.47 Å². The molecule has 19 heavy (non-hydrogen) atoms. The fourth-order valence-electron chi connectivity index (χ4n) is 2.63. The van der Waals surface area contributed by atoms with Crippen molar-refractivity contribution in [2.45, 2.75) is 44.2 Å². The lowest BCUT2D eigenvalue weighted by molar-refractivity contribution is -0.00232. The second-order valence-electron chi connectivity index (χ2n) is 5.97. The van der Waals surface area contributed by atoms with Gasteiger partial charge in [-0.15, -0.1) is 0 Å². The summed E-state index contributed by atoms with van der Waals surface area (Å²) < 4.78 is 3.06. The van der Waals surface area contributed by atoms with Crippen LogP contribution in [-0.2, 0) is 0 Å². The van der Waals surface area contributed by atoms with Gasteiger partial charge in [0.25, 0.3) is 5.91 Å². The van der Waals surface area contributed by atoms with Crippen LogP contribution in [0.15, 0.2) is 16.7 Å². The Balaban J connectivity index is 1.77. The van der Waals surface area contributed by atoms with Crippen molar-refractivity contribution in [2.24, 2.45) is 0 Å². The van der Waals surface area contributed by atoms with Crippen LogP contribution in [0, 0.1) is 0 Å². The highest BCUT2D eigenvalue weighted by Crippen LogP contribution is 2.38. The summed E-state index contributed by atoms with van der Waals surface area (Å²) in [6.07, 6.45) is 5.64. The quantitative estimate of drug-likeness (QED) is 0.907. The molecule has 5 heteroatoms. The predicted molar refractivity (Wildman–Crippen MR) is 76.2 cm³/mol. The number of piperidine rings is 1. The van der Waals surface area contributed by atoms with Gasteiger partial charge < -0.3 is 14.6 Å². The van der Waals surface area contributed by atoms with Crippen molar-refractivity contribution in [3.05, 3.63) is 22.4 Å². The van der Waals surface area contributed by atoms with Crippen LogP contribution in [0.4, 0.5) is 0 Å². The van der Waals surface area contributed by atoms with Crippen molar-refractivity contribution in [2.75, 3.05) is 13.1 Å².